The maximum absolute atomic E-state index is 14.2. The van der Waals surface area contributed by atoms with Crippen molar-refractivity contribution in [1.29, 1.82) is 0 Å². The van der Waals surface area contributed by atoms with Crippen molar-refractivity contribution in [1.82, 2.24) is 15.5 Å². The number of ether oxygens (including phenoxy) is 2. The van der Waals surface area contributed by atoms with Gasteiger partial charge in [0.2, 0.25) is 21.7 Å². The maximum Gasteiger partial charge on any atom is 0.509 e. The van der Waals surface area contributed by atoms with Crippen LogP contribution in [0.3, 0.4) is 0 Å². The number of carbonyl (C=O) groups is 5. The number of benzene rings is 1. The predicted octanol–water partition coefficient (Wildman–Crippen LogP) is 4.09. The van der Waals surface area contributed by atoms with Crippen LogP contribution in [0.1, 0.15) is 92.1 Å². The third-order valence-corrected chi connectivity index (χ3v) is 11.4. The third kappa shape index (κ3) is 9.76. The van der Waals surface area contributed by atoms with E-state index in [1.165, 1.54) is 4.90 Å². The van der Waals surface area contributed by atoms with E-state index in [4.69, 9.17) is 9.47 Å². The molecule has 3 fully saturated rings. The highest BCUT2D eigenvalue weighted by Crippen LogP contribution is 2.65. The fourth-order valence-corrected chi connectivity index (χ4v) is 8.32. The summed E-state index contributed by atoms with van der Waals surface area (Å²) in [6.45, 7) is 12.9. The van der Waals surface area contributed by atoms with Gasteiger partial charge in [0.05, 0.1) is 11.8 Å². The number of piperidine rings is 1. The predicted molar refractivity (Wildman–Crippen MR) is 187 cm³/mol. The molecular formula is C36H54N4O9S. The van der Waals surface area contributed by atoms with Gasteiger partial charge in [-0.15, -0.1) is 0 Å². The molecule has 5 unspecified atom stereocenters. The molecule has 2 saturated carbocycles. The van der Waals surface area contributed by atoms with Gasteiger partial charge in [0.15, 0.2) is 6.10 Å². The number of ketones is 1. The molecule has 1 saturated heterocycles. The molecule has 3 amide bonds. The number of carbonyl (C=O) groups excluding carboxylic acids is 5. The van der Waals surface area contributed by atoms with Crippen LogP contribution in [0.25, 0.3) is 0 Å². The van der Waals surface area contributed by atoms with Crippen molar-refractivity contribution in [2.75, 3.05) is 23.6 Å². The molecule has 1 heterocycles. The largest absolute Gasteiger partial charge is 0.509 e. The zero-order chi connectivity index (χ0) is 37.0. The second-order valence-electron chi connectivity index (χ2n) is 15.5. The number of rotatable bonds is 14. The summed E-state index contributed by atoms with van der Waals surface area (Å²) >= 11 is 0. The number of sulfonamides is 1. The molecule has 3 N–H and O–H groups in total. The van der Waals surface area contributed by atoms with Crippen LogP contribution < -0.4 is 15.4 Å². The van der Waals surface area contributed by atoms with Gasteiger partial charge in [-0.25, -0.2) is 13.2 Å². The van der Waals surface area contributed by atoms with Crippen LogP contribution in [-0.4, -0.2) is 85.6 Å². The molecule has 278 valence electrons. The average molecular weight is 719 g/mol. The summed E-state index contributed by atoms with van der Waals surface area (Å²) in [5.41, 5.74) is 0.297. The van der Waals surface area contributed by atoms with E-state index in [9.17, 15) is 32.4 Å². The Bertz CT molecular complexity index is 1530. The van der Waals surface area contributed by atoms with Crippen LogP contribution in [0.15, 0.2) is 24.3 Å². The Morgan fingerprint density at radius 3 is 2.26 bits per heavy atom. The lowest BCUT2D eigenvalue weighted by Crippen LogP contribution is -2.57. The molecule has 5 atom stereocenters. The highest BCUT2D eigenvalue weighted by atomic mass is 32.2. The molecule has 1 aromatic carbocycles. The molecule has 50 heavy (non-hydrogen) atoms. The smallest absolute Gasteiger partial charge is 0.429 e. The molecule has 3 aliphatic rings. The lowest BCUT2D eigenvalue weighted by molar-refractivity contribution is -0.153. The second-order valence-corrected chi connectivity index (χ2v) is 17.4. The van der Waals surface area contributed by atoms with Crippen molar-refractivity contribution in [3.05, 3.63) is 29.8 Å². The van der Waals surface area contributed by atoms with Crippen LogP contribution in [0.4, 0.5) is 10.5 Å². The summed E-state index contributed by atoms with van der Waals surface area (Å²) in [7, 11) is -3.81. The molecule has 14 heteroatoms. The fourth-order valence-electron chi connectivity index (χ4n) is 7.35. The maximum atomic E-state index is 14.2. The summed E-state index contributed by atoms with van der Waals surface area (Å²) in [4.78, 5) is 68.8. The van der Waals surface area contributed by atoms with E-state index in [0.717, 1.165) is 24.8 Å². The highest BCUT2D eigenvalue weighted by molar-refractivity contribution is 7.92. The molecule has 13 nitrogen and oxygen atoms in total. The zero-order valence-corrected chi connectivity index (χ0v) is 31.2. The average Bonchev–Trinajstić information content (AvgIpc) is 3.34. The standard InChI is InChI=1S/C36H54N4O9S/c1-8-12-26(29(41)32(43)37-19-20-50(46,47)39-24-17-15-22(2)16-18-24)38-31(42)28-27-25(36(27,6)7)21-40(28)33(44)30(23-13-10-9-11-14-23)48-34(45)49-35(3,4)5/h15-18,23,25-28,30,39H,8-14,19-21H2,1-7H3,(H,37,43)(H,38,42). The van der Waals surface area contributed by atoms with E-state index in [1.54, 1.807) is 45.0 Å². The number of anilines is 1. The van der Waals surface area contributed by atoms with Gasteiger partial charge >= 0.3 is 6.16 Å². The summed E-state index contributed by atoms with van der Waals surface area (Å²) in [6, 6.07) is 4.67. The normalized spacial score (nSPS) is 22.8. The summed E-state index contributed by atoms with van der Waals surface area (Å²) in [5.74, 6) is -3.75. The van der Waals surface area contributed by atoms with Crippen molar-refractivity contribution in [2.45, 2.75) is 117 Å². The van der Waals surface area contributed by atoms with Crippen molar-refractivity contribution < 1.29 is 41.9 Å². The molecule has 1 aliphatic heterocycles. The van der Waals surface area contributed by atoms with E-state index in [-0.39, 0.29) is 36.1 Å². The van der Waals surface area contributed by atoms with Crippen LogP contribution in [0, 0.1) is 30.1 Å². The van der Waals surface area contributed by atoms with Crippen LogP contribution in [-0.2, 0) is 38.7 Å². The van der Waals surface area contributed by atoms with E-state index in [0.29, 0.717) is 31.5 Å². The Morgan fingerprint density at radius 2 is 1.66 bits per heavy atom. The van der Waals surface area contributed by atoms with Crippen LogP contribution in [0.2, 0.25) is 0 Å². The van der Waals surface area contributed by atoms with Crippen molar-refractivity contribution in [2.24, 2.45) is 23.2 Å². The molecule has 2 aliphatic carbocycles. The first kappa shape index (κ1) is 39.1. The second kappa shape index (κ2) is 15.7. The number of nitrogens with one attached hydrogen (secondary N) is 3. The zero-order valence-electron chi connectivity index (χ0n) is 30.4. The van der Waals surface area contributed by atoms with Gasteiger partial charge in [-0.1, -0.05) is 64.2 Å². The van der Waals surface area contributed by atoms with Crippen molar-refractivity contribution in [3.8, 4) is 0 Å². The minimum atomic E-state index is -3.81. The number of Topliss-reactive ketones (excluding diaryl/α,β-unsaturated/α-hetero) is 1. The Morgan fingerprint density at radius 1 is 1.02 bits per heavy atom. The van der Waals surface area contributed by atoms with Gasteiger partial charge in [0.25, 0.3) is 11.8 Å². The number of hydrogen-bond donors (Lipinski definition) is 3. The number of aryl methyl sites for hydroxylation is 1. The SMILES string of the molecule is CCCC(NC(=O)C1C2C(CN1C(=O)C(OC(=O)OC(C)(C)C)C1CCCCC1)C2(C)C)C(=O)C(=O)NCCS(=O)(=O)Nc1ccc(C)cc1. The van der Waals surface area contributed by atoms with E-state index in [1.807, 2.05) is 27.7 Å². The Hall–Kier alpha value is -3.68. The minimum absolute atomic E-state index is 0.0369. The van der Waals surface area contributed by atoms with Gasteiger partial charge in [-0.3, -0.25) is 23.9 Å². The molecule has 0 aromatic heterocycles. The van der Waals surface area contributed by atoms with E-state index in [2.05, 4.69) is 15.4 Å². The lowest BCUT2D eigenvalue weighted by Gasteiger charge is -2.36. The third-order valence-electron chi connectivity index (χ3n) is 10.1. The molecule has 0 spiro atoms. The lowest BCUT2D eigenvalue weighted by atomic mass is 9.84. The van der Waals surface area contributed by atoms with Crippen LogP contribution in [0.5, 0.6) is 0 Å². The van der Waals surface area contributed by atoms with Crippen molar-refractivity contribution >= 4 is 45.4 Å². The van der Waals surface area contributed by atoms with E-state index >= 15 is 0 Å². The molecule has 0 bridgehead atoms. The van der Waals surface area contributed by atoms with Gasteiger partial charge in [-0.2, -0.15) is 0 Å². The monoisotopic (exact) mass is 718 g/mol. The fraction of sp³-hybridized carbons (Fsp3) is 0.694. The molecular weight excluding hydrogens is 664 g/mol. The topological polar surface area (TPSA) is 177 Å². The highest BCUT2D eigenvalue weighted by Gasteiger charge is 2.70. The number of fused-ring (bicyclic) bond motifs is 1. The Kier molecular flexibility index (Phi) is 12.3. The number of nitrogens with zero attached hydrogens (tertiary/aromatic N) is 1. The number of hydrogen-bond acceptors (Lipinski definition) is 9. The minimum Gasteiger partial charge on any atom is -0.429 e. The Labute approximate surface area is 296 Å². The van der Waals surface area contributed by atoms with Gasteiger partial charge in [0, 0.05) is 24.7 Å². The van der Waals surface area contributed by atoms with Crippen LogP contribution >= 0.6 is 0 Å². The first-order valence-corrected chi connectivity index (χ1v) is 19.4. The first-order valence-electron chi connectivity index (χ1n) is 17.7. The Balaban J connectivity index is 1.44. The summed E-state index contributed by atoms with van der Waals surface area (Å²) < 4.78 is 38.6. The van der Waals surface area contributed by atoms with Gasteiger partial charge < -0.3 is 25.0 Å². The van der Waals surface area contributed by atoms with Crippen molar-refractivity contribution in [3.63, 3.8) is 0 Å². The summed E-state index contributed by atoms with van der Waals surface area (Å²) in [5, 5.41) is 5.12. The van der Waals surface area contributed by atoms with Gasteiger partial charge in [-0.05, 0) is 76.3 Å². The first-order chi connectivity index (χ1) is 23.3. The number of likely N-dealkylation sites (tertiary alicyclic amines) is 1. The molecule has 1 aromatic rings. The summed E-state index contributed by atoms with van der Waals surface area (Å²) in [6.07, 6.45) is 2.80. The number of amides is 3. The van der Waals surface area contributed by atoms with E-state index < -0.39 is 69.2 Å². The quantitative estimate of drug-likeness (QED) is 0.189. The molecule has 4 rings (SSSR count). The van der Waals surface area contributed by atoms with Gasteiger partial charge in [0.1, 0.15) is 11.6 Å². The molecule has 0 radical (unpaired) electrons.